The zero-order valence-electron chi connectivity index (χ0n) is 14.6. The summed E-state index contributed by atoms with van der Waals surface area (Å²) in [6, 6.07) is 7.54. The second-order valence-corrected chi connectivity index (χ2v) is 7.14. The van der Waals surface area contributed by atoms with Crippen molar-refractivity contribution >= 4 is 23.4 Å². The Morgan fingerprint density at radius 3 is 2.88 bits per heavy atom. The number of thioether (sulfide) groups is 1. The van der Waals surface area contributed by atoms with Gasteiger partial charge in [-0.3, -0.25) is 9.59 Å². The molecule has 1 aromatic heterocycles. The lowest BCUT2D eigenvalue weighted by molar-refractivity contribution is -0.116. The molecule has 1 aliphatic carbocycles. The number of H-pyrrole nitrogens is 1. The van der Waals surface area contributed by atoms with Crippen LogP contribution in [0.25, 0.3) is 0 Å². The van der Waals surface area contributed by atoms with Crippen LogP contribution in [-0.2, 0) is 4.79 Å². The topological polar surface area (TPSA) is 84.1 Å². The van der Waals surface area contributed by atoms with Gasteiger partial charge in [0, 0.05) is 23.6 Å². The van der Waals surface area contributed by atoms with Crippen LogP contribution in [0, 0.1) is 0 Å². The van der Waals surface area contributed by atoms with E-state index in [1.807, 2.05) is 30.5 Å². The summed E-state index contributed by atoms with van der Waals surface area (Å²) in [5.74, 6) is 0.888. The molecule has 0 saturated carbocycles. The molecule has 2 aromatic rings. The van der Waals surface area contributed by atoms with Gasteiger partial charge in [0.2, 0.25) is 0 Å². The van der Waals surface area contributed by atoms with Gasteiger partial charge in [0.05, 0.1) is 12.7 Å². The summed E-state index contributed by atoms with van der Waals surface area (Å²) in [6.45, 7) is 0. The molecule has 134 valence electrons. The number of anilines is 1. The van der Waals surface area contributed by atoms with Gasteiger partial charge in [-0.15, -0.1) is 0 Å². The molecule has 1 aliphatic heterocycles. The van der Waals surface area contributed by atoms with E-state index in [-0.39, 0.29) is 11.3 Å². The van der Waals surface area contributed by atoms with Gasteiger partial charge in [0.15, 0.2) is 10.9 Å². The van der Waals surface area contributed by atoms with E-state index in [2.05, 4.69) is 15.3 Å². The third-order valence-corrected chi connectivity index (χ3v) is 5.44. The number of Topliss-reactive ketones (excluding diaryl/α,β-unsaturated/α-hetero) is 1. The summed E-state index contributed by atoms with van der Waals surface area (Å²) in [5.41, 5.74) is 2.70. The van der Waals surface area contributed by atoms with Gasteiger partial charge >= 0.3 is 0 Å². The minimum atomic E-state index is -0.434. The molecule has 0 fully saturated rings. The Hall–Kier alpha value is -2.54. The van der Waals surface area contributed by atoms with Gasteiger partial charge in [0.1, 0.15) is 11.6 Å². The maximum Gasteiger partial charge on any atom is 0.257 e. The summed E-state index contributed by atoms with van der Waals surface area (Å²) in [7, 11) is 1.60. The number of aromatic amines is 1. The van der Waals surface area contributed by atoms with Crippen molar-refractivity contribution in [2.45, 2.75) is 30.3 Å². The molecule has 1 unspecified atom stereocenters. The molecule has 0 bridgehead atoms. The Kier molecular flexibility index (Phi) is 4.32. The van der Waals surface area contributed by atoms with Crippen molar-refractivity contribution in [2.24, 2.45) is 0 Å². The summed E-state index contributed by atoms with van der Waals surface area (Å²) in [4.78, 5) is 33.0. The predicted molar refractivity (Wildman–Crippen MR) is 101 cm³/mol. The second-order valence-electron chi connectivity index (χ2n) is 6.34. The standard InChI is InChI=1S/C19H19N3O3S/c1-25-11-6-3-5-10(9-11)14-15-12(7-4-8-13(15)23)20-17-16(14)18(24)22-19(21-17)26-2/h3,5-6,9,14H,4,7-8H2,1-2H3,(H2,20,21,22,24). The second kappa shape index (κ2) is 6.64. The zero-order chi connectivity index (χ0) is 18.3. The molecule has 0 radical (unpaired) electrons. The highest BCUT2D eigenvalue weighted by Gasteiger charge is 2.37. The summed E-state index contributed by atoms with van der Waals surface area (Å²) in [6.07, 6.45) is 3.96. The molecule has 2 aliphatic rings. The van der Waals surface area contributed by atoms with Crippen LogP contribution in [-0.4, -0.2) is 29.1 Å². The van der Waals surface area contributed by atoms with Crippen molar-refractivity contribution in [2.75, 3.05) is 18.7 Å². The molecule has 1 aromatic carbocycles. The number of aromatic nitrogens is 2. The molecule has 26 heavy (non-hydrogen) atoms. The monoisotopic (exact) mass is 369 g/mol. The first-order chi connectivity index (χ1) is 12.6. The number of benzene rings is 1. The van der Waals surface area contributed by atoms with Gasteiger partial charge in [-0.1, -0.05) is 23.9 Å². The molecule has 4 rings (SSSR count). The van der Waals surface area contributed by atoms with Crippen LogP contribution in [0.2, 0.25) is 0 Å². The number of nitrogens with one attached hydrogen (secondary N) is 2. The number of ketones is 1. The highest BCUT2D eigenvalue weighted by molar-refractivity contribution is 7.98. The molecule has 0 amide bonds. The fourth-order valence-corrected chi connectivity index (χ4v) is 4.07. The first-order valence-electron chi connectivity index (χ1n) is 8.47. The van der Waals surface area contributed by atoms with Crippen molar-refractivity contribution in [3.63, 3.8) is 0 Å². The smallest absolute Gasteiger partial charge is 0.257 e. The third-order valence-electron chi connectivity index (χ3n) is 4.86. The van der Waals surface area contributed by atoms with Crippen molar-refractivity contribution in [3.8, 4) is 5.75 Å². The van der Waals surface area contributed by atoms with E-state index in [4.69, 9.17) is 4.74 Å². The van der Waals surface area contributed by atoms with E-state index in [1.54, 1.807) is 7.11 Å². The third kappa shape index (κ3) is 2.72. The average Bonchev–Trinajstić information content (AvgIpc) is 2.66. The molecule has 0 saturated heterocycles. The zero-order valence-corrected chi connectivity index (χ0v) is 15.4. The number of methoxy groups -OCH3 is 1. The average molecular weight is 369 g/mol. The van der Waals surface area contributed by atoms with E-state index < -0.39 is 5.92 Å². The summed E-state index contributed by atoms with van der Waals surface area (Å²) < 4.78 is 5.34. The SMILES string of the molecule is COc1cccc(C2C3=C(CCCC3=O)Nc3nc(SC)[nH]c(=O)c32)c1. The van der Waals surface area contributed by atoms with Crippen molar-refractivity contribution in [1.82, 2.24) is 9.97 Å². The predicted octanol–water partition coefficient (Wildman–Crippen LogP) is 3.06. The molecule has 2 N–H and O–H groups in total. The van der Waals surface area contributed by atoms with E-state index in [9.17, 15) is 9.59 Å². The maximum absolute atomic E-state index is 12.8. The van der Waals surface area contributed by atoms with Crippen LogP contribution >= 0.6 is 11.8 Å². The Morgan fingerprint density at radius 2 is 2.12 bits per heavy atom. The van der Waals surface area contributed by atoms with Gasteiger partial charge in [-0.25, -0.2) is 4.98 Å². The first-order valence-corrected chi connectivity index (χ1v) is 9.70. The number of carbonyl (C=O) groups excluding carboxylic acids is 1. The Bertz CT molecular complexity index is 980. The number of hydrogen-bond donors (Lipinski definition) is 2. The molecule has 6 nitrogen and oxygen atoms in total. The Labute approximate surface area is 155 Å². The van der Waals surface area contributed by atoms with Crippen LogP contribution in [0.15, 0.2) is 45.5 Å². The summed E-state index contributed by atoms with van der Waals surface area (Å²) in [5, 5.41) is 3.81. The molecule has 1 atom stereocenters. The number of hydrogen-bond acceptors (Lipinski definition) is 6. The number of allylic oxidation sites excluding steroid dienone is 2. The molecular formula is C19H19N3O3S. The first kappa shape index (κ1) is 16.9. The number of rotatable bonds is 3. The number of ether oxygens (including phenoxy) is 1. The van der Waals surface area contributed by atoms with Crippen LogP contribution < -0.4 is 15.6 Å². The quantitative estimate of drug-likeness (QED) is 0.639. The highest BCUT2D eigenvalue weighted by Crippen LogP contribution is 2.43. The number of carbonyl (C=O) groups is 1. The molecule has 0 spiro atoms. The van der Waals surface area contributed by atoms with Gasteiger partial charge in [-0.2, -0.15) is 0 Å². The van der Waals surface area contributed by atoms with E-state index in [0.717, 1.165) is 24.1 Å². The fourth-order valence-electron chi connectivity index (χ4n) is 3.69. The lowest BCUT2D eigenvalue weighted by Gasteiger charge is -2.32. The normalized spacial score (nSPS) is 18.8. The minimum absolute atomic E-state index is 0.0885. The van der Waals surface area contributed by atoms with E-state index in [1.165, 1.54) is 11.8 Å². The molecule has 2 heterocycles. The van der Waals surface area contributed by atoms with Gasteiger partial charge in [-0.05, 0) is 36.8 Å². The Balaban J connectivity index is 1.98. The van der Waals surface area contributed by atoms with Gasteiger partial charge < -0.3 is 15.0 Å². The highest BCUT2D eigenvalue weighted by atomic mass is 32.2. The maximum atomic E-state index is 12.8. The Morgan fingerprint density at radius 1 is 1.27 bits per heavy atom. The summed E-state index contributed by atoms with van der Waals surface area (Å²) >= 11 is 1.38. The lowest BCUT2D eigenvalue weighted by Crippen LogP contribution is -2.32. The largest absolute Gasteiger partial charge is 0.497 e. The molecular weight excluding hydrogens is 350 g/mol. The van der Waals surface area contributed by atoms with Gasteiger partial charge in [0.25, 0.3) is 5.56 Å². The molecule has 7 heteroatoms. The minimum Gasteiger partial charge on any atom is -0.497 e. The van der Waals surface area contributed by atoms with Crippen LogP contribution in [0.3, 0.4) is 0 Å². The lowest BCUT2D eigenvalue weighted by atomic mass is 9.76. The number of nitrogens with zero attached hydrogens (tertiary/aromatic N) is 1. The van der Waals surface area contributed by atoms with Crippen molar-refractivity contribution in [1.29, 1.82) is 0 Å². The van der Waals surface area contributed by atoms with Crippen molar-refractivity contribution < 1.29 is 9.53 Å². The van der Waals surface area contributed by atoms with Crippen LogP contribution in [0.4, 0.5) is 5.82 Å². The number of fused-ring (bicyclic) bond motifs is 1. The van der Waals surface area contributed by atoms with E-state index >= 15 is 0 Å². The van der Waals surface area contributed by atoms with E-state index in [0.29, 0.717) is 34.3 Å². The van der Waals surface area contributed by atoms with Crippen LogP contribution in [0.1, 0.15) is 36.3 Å². The van der Waals surface area contributed by atoms with Crippen molar-refractivity contribution in [3.05, 3.63) is 57.0 Å². The fraction of sp³-hybridized carbons (Fsp3) is 0.316. The van der Waals surface area contributed by atoms with Crippen LogP contribution in [0.5, 0.6) is 5.75 Å².